The Morgan fingerprint density at radius 1 is 1.32 bits per heavy atom. The average molecular weight is 301 g/mol. The number of H-pyrrole nitrogens is 1. The van der Waals surface area contributed by atoms with Gasteiger partial charge in [-0.2, -0.15) is 10.2 Å². The van der Waals surface area contributed by atoms with E-state index in [9.17, 15) is 14.0 Å². The topological polar surface area (TPSA) is 85.6 Å². The lowest BCUT2D eigenvalue weighted by atomic mass is 10.2. The third kappa shape index (κ3) is 2.58. The molecule has 0 saturated carbocycles. The van der Waals surface area contributed by atoms with Crippen LogP contribution in [0, 0.1) is 5.82 Å². The van der Waals surface area contributed by atoms with E-state index in [1.54, 1.807) is 12.1 Å². The number of halogens is 1. The van der Waals surface area contributed by atoms with Crippen LogP contribution >= 0.6 is 0 Å². The first-order chi connectivity index (χ1) is 10.5. The standard InChI is InChI=1S/C14H12FN5O2/c1-9(21)12-6-13(18-17-12)19-8-16-20(14(19)22)7-10-2-4-11(15)5-3-10/h2-6,8H,7H2,1H3,(H,17,18). The molecule has 0 bridgehead atoms. The molecule has 2 heterocycles. The van der Waals surface area contributed by atoms with E-state index >= 15 is 0 Å². The molecule has 112 valence electrons. The summed E-state index contributed by atoms with van der Waals surface area (Å²) in [6.45, 7) is 1.62. The smallest absolute Gasteiger partial charge is 0.293 e. The van der Waals surface area contributed by atoms with Crippen molar-refractivity contribution in [3.63, 3.8) is 0 Å². The van der Waals surface area contributed by atoms with Gasteiger partial charge in [0.15, 0.2) is 11.6 Å². The quantitative estimate of drug-likeness (QED) is 0.732. The zero-order chi connectivity index (χ0) is 15.7. The van der Waals surface area contributed by atoms with Gasteiger partial charge in [0.05, 0.1) is 6.54 Å². The highest BCUT2D eigenvalue weighted by atomic mass is 19.1. The molecule has 3 rings (SSSR count). The molecule has 0 aliphatic carbocycles. The summed E-state index contributed by atoms with van der Waals surface area (Å²) in [6, 6.07) is 7.30. The Hall–Kier alpha value is -3.03. The van der Waals surface area contributed by atoms with Gasteiger partial charge in [-0.1, -0.05) is 12.1 Å². The van der Waals surface area contributed by atoms with Gasteiger partial charge in [-0.25, -0.2) is 18.4 Å². The molecular weight excluding hydrogens is 289 g/mol. The van der Waals surface area contributed by atoms with Gasteiger partial charge in [-0.3, -0.25) is 9.89 Å². The Labute approximate surface area is 124 Å². The van der Waals surface area contributed by atoms with E-state index in [1.807, 2.05) is 0 Å². The molecule has 0 radical (unpaired) electrons. The Kier molecular flexibility index (Phi) is 3.42. The molecule has 1 aromatic carbocycles. The number of hydrogen-bond donors (Lipinski definition) is 1. The maximum absolute atomic E-state index is 12.9. The average Bonchev–Trinajstić information content (AvgIpc) is 3.09. The number of hydrogen-bond acceptors (Lipinski definition) is 4. The predicted molar refractivity (Wildman–Crippen MR) is 75.5 cm³/mol. The minimum atomic E-state index is -0.397. The summed E-state index contributed by atoms with van der Waals surface area (Å²) in [7, 11) is 0. The van der Waals surface area contributed by atoms with Gasteiger partial charge in [0.2, 0.25) is 0 Å². The number of carbonyl (C=O) groups excluding carboxylic acids is 1. The lowest BCUT2D eigenvalue weighted by Crippen LogP contribution is -2.24. The molecule has 1 N–H and O–H groups in total. The van der Waals surface area contributed by atoms with Crippen molar-refractivity contribution in [3.8, 4) is 5.82 Å². The largest absolute Gasteiger partial charge is 0.351 e. The summed E-state index contributed by atoms with van der Waals surface area (Å²) in [4.78, 5) is 23.5. The first-order valence-corrected chi connectivity index (χ1v) is 6.50. The van der Waals surface area contributed by atoms with Gasteiger partial charge < -0.3 is 0 Å². The highest BCUT2D eigenvalue weighted by Gasteiger charge is 2.12. The van der Waals surface area contributed by atoms with Crippen molar-refractivity contribution < 1.29 is 9.18 Å². The van der Waals surface area contributed by atoms with Gasteiger partial charge in [0.1, 0.15) is 17.8 Å². The van der Waals surface area contributed by atoms with E-state index < -0.39 is 5.69 Å². The van der Waals surface area contributed by atoms with Crippen LogP contribution in [-0.4, -0.2) is 30.3 Å². The normalized spacial score (nSPS) is 10.8. The van der Waals surface area contributed by atoms with Crippen LogP contribution in [0.2, 0.25) is 0 Å². The summed E-state index contributed by atoms with van der Waals surface area (Å²) in [5.41, 5.74) is 0.666. The highest BCUT2D eigenvalue weighted by Crippen LogP contribution is 2.06. The Morgan fingerprint density at radius 3 is 2.68 bits per heavy atom. The van der Waals surface area contributed by atoms with Crippen molar-refractivity contribution >= 4 is 5.78 Å². The van der Waals surface area contributed by atoms with E-state index in [2.05, 4.69) is 15.3 Å². The van der Waals surface area contributed by atoms with E-state index in [4.69, 9.17) is 0 Å². The molecule has 22 heavy (non-hydrogen) atoms. The zero-order valence-electron chi connectivity index (χ0n) is 11.7. The molecule has 0 spiro atoms. The highest BCUT2D eigenvalue weighted by molar-refractivity contribution is 5.92. The molecule has 7 nitrogen and oxygen atoms in total. The SMILES string of the molecule is CC(=O)c1cc(-n2cnn(Cc3ccc(F)cc3)c2=O)n[nH]1. The maximum Gasteiger partial charge on any atom is 0.351 e. The van der Waals surface area contributed by atoms with Crippen molar-refractivity contribution in [3.05, 3.63) is 64.2 Å². The molecule has 0 amide bonds. The van der Waals surface area contributed by atoms with Gasteiger partial charge >= 0.3 is 5.69 Å². The predicted octanol–water partition coefficient (Wildman–Crippen LogP) is 1.15. The first kappa shape index (κ1) is 13.9. The molecule has 0 saturated heterocycles. The number of benzene rings is 1. The van der Waals surface area contributed by atoms with Crippen LogP contribution in [-0.2, 0) is 6.54 Å². The van der Waals surface area contributed by atoms with Crippen LogP contribution in [0.5, 0.6) is 0 Å². The van der Waals surface area contributed by atoms with Crippen molar-refractivity contribution in [2.75, 3.05) is 0 Å². The fourth-order valence-electron chi connectivity index (χ4n) is 1.98. The summed E-state index contributed by atoms with van der Waals surface area (Å²) in [5.74, 6) is -0.221. The molecule has 8 heteroatoms. The molecule has 2 aromatic heterocycles. The maximum atomic E-state index is 12.9. The van der Waals surface area contributed by atoms with Crippen LogP contribution in [0.1, 0.15) is 23.0 Å². The lowest BCUT2D eigenvalue weighted by Gasteiger charge is -2.00. The van der Waals surface area contributed by atoms with Crippen molar-refractivity contribution in [2.24, 2.45) is 0 Å². The number of rotatable bonds is 4. The molecule has 3 aromatic rings. The van der Waals surface area contributed by atoms with Crippen molar-refractivity contribution in [1.82, 2.24) is 24.5 Å². The molecule has 0 unspecified atom stereocenters. The van der Waals surface area contributed by atoms with Crippen molar-refractivity contribution in [1.29, 1.82) is 0 Å². The number of nitrogens with one attached hydrogen (secondary N) is 1. The minimum Gasteiger partial charge on any atom is -0.293 e. The molecular formula is C14H12FN5O2. The third-order valence-corrected chi connectivity index (χ3v) is 3.17. The first-order valence-electron chi connectivity index (χ1n) is 6.50. The monoisotopic (exact) mass is 301 g/mol. The van der Waals surface area contributed by atoms with Crippen LogP contribution in [0.25, 0.3) is 5.82 Å². The number of nitrogens with zero attached hydrogens (tertiary/aromatic N) is 4. The van der Waals surface area contributed by atoms with E-state index in [0.29, 0.717) is 11.5 Å². The van der Waals surface area contributed by atoms with Gasteiger partial charge in [-0.05, 0) is 17.7 Å². The van der Waals surface area contributed by atoms with Crippen LogP contribution in [0.3, 0.4) is 0 Å². The summed E-state index contributed by atoms with van der Waals surface area (Å²) in [6.07, 6.45) is 1.33. The Balaban J connectivity index is 1.89. The minimum absolute atomic E-state index is 0.175. The fourth-order valence-corrected chi connectivity index (χ4v) is 1.98. The third-order valence-electron chi connectivity index (χ3n) is 3.17. The molecule has 0 aliphatic rings. The van der Waals surface area contributed by atoms with E-state index in [1.165, 1.54) is 40.7 Å². The van der Waals surface area contributed by atoms with Gasteiger partial charge in [0, 0.05) is 13.0 Å². The lowest BCUT2D eigenvalue weighted by molar-refractivity contribution is 0.101. The molecule has 0 atom stereocenters. The summed E-state index contributed by atoms with van der Waals surface area (Å²) in [5, 5.41) is 10.5. The second-order valence-corrected chi connectivity index (χ2v) is 4.76. The summed E-state index contributed by atoms with van der Waals surface area (Å²) < 4.78 is 15.3. The van der Waals surface area contributed by atoms with E-state index in [0.717, 1.165) is 5.56 Å². The molecule has 0 fully saturated rings. The molecule has 0 aliphatic heterocycles. The Morgan fingerprint density at radius 2 is 2.05 bits per heavy atom. The number of Topliss-reactive ketones (excluding diaryl/α,β-unsaturated/α-hetero) is 1. The number of aromatic amines is 1. The van der Waals surface area contributed by atoms with Crippen LogP contribution < -0.4 is 5.69 Å². The fraction of sp³-hybridized carbons (Fsp3) is 0.143. The van der Waals surface area contributed by atoms with Crippen LogP contribution in [0.4, 0.5) is 4.39 Å². The number of aromatic nitrogens is 5. The van der Waals surface area contributed by atoms with Gasteiger partial charge in [0.25, 0.3) is 0 Å². The number of ketones is 1. The van der Waals surface area contributed by atoms with Gasteiger partial charge in [-0.15, -0.1) is 0 Å². The zero-order valence-corrected chi connectivity index (χ0v) is 11.7. The Bertz CT molecular complexity index is 875. The van der Waals surface area contributed by atoms with E-state index in [-0.39, 0.29) is 18.1 Å². The van der Waals surface area contributed by atoms with Crippen LogP contribution in [0.15, 0.2) is 41.5 Å². The van der Waals surface area contributed by atoms with Crippen molar-refractivity contribution in [2.45, 2.75) is 13.5 Å². The number of carbonyl (C=O) groups is 1. The summed E-state index contributed by atoms with van der Waals surface area (Å²) >= 11 is 0. The second kappa shape index (κ2) is 5.40. The second-order valence-electron chi connectivity index (χ2n) is 4.76.